The van der Waals surface area contributed by atoms with Crippen LogP contribution in [0.25, 0.3) is 6.08 Å². The fraction of sp³-hybridized carbons (Fsp3) is 0.375. The Morgan fingerprint density at radius 3 is 3.05 bits per heavy atom. The van der Waals surface area contributed by atoms with Gasteiger partial charge in [-0.15, -0.1) is 0 Å². The molecule has 1 unspecified atom stereocenters. The van der Waals surface area contributed by atoms with Crippen LogP contribution in [0.15, 0.2) is 23.8 Å². The van der Waals surface area contributed by atoms with Gasteiger partial charge in [0.05, 0.1) is 6.10 Å². The summed E-state index contributed by atoms with van der Waals surface area (Å²) in [7, 11) is 0. The van der Waals surface area contributed by atoms with Crippen LogP contribution in [0.5, 0.6) is 11.5 Å². The summed E-state index contributed by atoms with van der Waals surface area (Å²) in [5.41, 5.74) is 0.768. The summed E-state index contributed by atoms with van der Waals surface area (Å²) >= 11 is 0. The second kappa shape index (κ2) is 6.50. The van der Waals surface area contributed by atoms with E-state index in [4.69, 9.17) is 14.2 Å². The molecule has 6 nitrogen and oxygen atoms in total. The quantitative estimate of drug-likeness (QED) is 0.675. The number of ether oxygens (including phenoxy) is 3. The smallest absolute Gasteiger partial charge is 0.262 e. The van der Waals surface area contributed by atoms with Crippen LogP contribution in [0.4, 0.5) is 0 Å². The molecule has 1 fully saturated rings. The fourth-order valence-electron chi connectivity index (χ4n) is 2.43. The number of hydrogen-bond donors (Lipinski definition) is 1. The van der Waals surface area contributed by atoms with Crippen molar-refractivity contribution in [2.45, 2.75) is 18.9 Å². The lowest BCUT2D eigenvalue weighted by Crippen LogP contribution is -2.32. The van der Waals surface area contributed by atoms with Gasteiger partial charge in [-0.05, 0) is 36.6 Å². The van der Waals surface area contributed by atoms with Gasteiger partial charge < -0.3 is 19.5 Å². The van der Waals surface area contributed by atoms with Gasteiger partial charge in [-0.2, -0.15) is 5.26 Å². The predicted molar refractivity (Wildman–Crippen MR) is 78.1 cm³/mol. The van der Waals surface area contributed by atoms with E-state index in [2.05, 4.69) is 5.32 Å². The maximum absolute atomic E-state index is 12.1. The number of hydrogen-bond acceptors (Lipinski definition) is 5. The summed E-state index contributed by atoms with van der Waals surface area (Å²) in [5, 5.41) is 11.9. The Balaban J connectivity index is 1.67. The molecule has 3 rings (SSSR count). The molecule has 1 aromatic carbocycles. The Kier molecular flexibility index (Phi) is 4.26. The molecule has 1 atom stereocenters. The van der Waals surface area contributed by atoms with Crippen LogP contribution in [-0.4, -0.2) is 32.0 Å². The van der Waals surface area contributed by atoms with Crippen molar-refractivity contribution in [3.05, 3.63) is 29.3 Å². The maximum atomic E-state index is 12.1. The molecule has 1 N–H and O–H groups in total. The molecule has 114 valence electrons. The number of carbonyl (C=O) groups is 1. The standard InChI is InChI=1S/C16H16N2O4/c17-8-12(16(19)18-9-13-2-1-5-20-13)6-11-3-4-14-15(7-11)22-10-21-14/h3-4,6-7,13H,1-2,5,9-10H2,(H,18,19)/b12-6+. The number of amides is 1. The molecular weight excluding hydrogens is 284 g/mol. The second-order valence-electron chi connectivity index (χ2n) is 5.13. The van der Waals surface area contributed by atoms with Crippen LogP contribution in [0.3, 0.4) is 0 Å². The van der Waals surface area contributed by atoms with Gasteiger partial charge in [-0.25, -0.2) is 0 Å². The first-order valence-electron chi connectivity index (χ1n) is 7.17. The number of nitrogens with zero attached hydrogens (tertiary/aromatic N) is 1. The Labute approximate surface area is 128 Å². The lowest BCUT2D eigenvalue weighted by atomic mass is 10.1. The van der Waals surface area contributed by atoms with Crippen molar-refractivity contribution in [2.24, 2.45) is 0 Å². The highest BCUT2D eigenvalue weighted by atomic mass is 16.7. The first-order chi connectivity index (χ1) is 10.8. The van der Waals surface area contributed by atoms with E-state index in [1.54, 1.807) is 18.2 Å². The first kappa shape index (κ1) is 14.4. The SMILES string of the molecule is N#C/C(=C\c1ccc2c(c1)OCO2)C(=O)NCC1CCCO1. The van der Waals surface area contributed by atoms with Gasteiger partial charge in [-0.1, -0.05) is 6.07 Å². The molecule has 0 aliphatic carbocycles. The zero-order valence-corrected chi connectivity index (χ0v) is 12.0. The monoisotopic (exact) mass is 300 g/mol. The number of nitrogens with one attached hydrogen (secondary N) is 1. The van der Waals surface area contributed by atoms with E-state index in [9.17, 15) is 10.1 Å². The molecule has 0 aromatic heterocycles. The topological polar surface area (TPSA) is 80.6 Å². The van der Waals surface area contributed by atoms with Gasteiger partial charge in [0.25, 0.3) is 5.91 Å². The van der Waals surface area contributed by atoms with Crippen molar-refractivity contribution in [1.29, 1.82) is 5.26 Å². The molecule has 6 heteroatoms. The second-order valence-corrected chi connectivity index (χ2v) is 5.13. The minimum atomic E-state index is -0.393. The Morgan fingerprint density at radius 2 is 2.27 bits per heavy atom. The summed E-state index contributed by atoms with van der Waals surface area (Å²) in [6.07, 6.45) is 3.54. The zero-order valence-electron chi connectivity index (χ0n) is 12.0. The lowest BCUT2D eigenvalue weighted by molar-refractivity contribution is -0.117. The van der Waals surface area contributed by atoms with Gasteiger partial charge in [0, 0.05) is 13.2 Å². The summed E-state index contributed by atoms with van der Waals surface area (Å²) in [5.74, 6) is 0.889. The van der Waals surface area contributed by atoms with Gasteiger partial charge in [-0.3, -0.25) is 4.79 Å². The fourth-order valence-corrected chi connectivity index (χ4v) is 2.43. The highest BCUT2D eigenvalue weighted by Crippen LogP contribution is 2.33. The molecule has 0 radical (unpaired) electrons. The zero-order chi connectivity index (χ0) is 15.4. The summed E-state index contributed by atoms with van der Waals surface area (Å²) in [4.78, 5) is 12.1. The largest absolute Gasteiger partial charge is 0.454 e. The van der Waals surface area contributed by atoms with E-state index in [1.165, 1.54) is 6.08 Å². The van der Waals surface area contributed by atoms with Crippen LogP contribution < -0.4 is 14.8 Å². The van der Waals surface area contributed by atoms with Crippen LogP contribution in [0.2, 0.25) is 0 Å². The van der Waals surface area contributed by atoms with Crippen molar-refractivity contribution >= 4 is 12.0 Å². The normalized spacial score (nSPS) is 19.8. The molecular formula is C16H16N2O4. The van der Waals surface area contributed by atoms with Gasteiger partial charge in [0.2, 0.25) is 6.79 Å². The van der Waals surface area contributed by atoms with Gasteiger partial charge >= 0.3 is 0 Å². The third-order valence-corrected chi connectivity index (χ3v) is 3.59. The first-order valence-corrected chi connectivity index (χ1v) is 7.17. The van der Waals surface area contributed by atoms with E-state index in [1.807, 2.05) is 6.07 Å². The molecule has 2 aliphatic heterocycles. The average molecular weight is 300 g/mol. The number of fused-ring (bicyclic) bond motifs is 1. The molecule has 1 amide bonds. The van der Waals surface area contributed by atoms with E-state index >= 15 is 0 Å². The van der Waals surface area contributed by atoms with E-state index in [0.29, 0.717) is 23.6 Å². The van der Waals surface area contributed by atoms with Crippen LogP contribution >= 0.6 is 0 Å². The highest BCUT2D eigenvalue weighted by Gasteiger charge is 2.18. The number of rotatable bonds is 4. The maximum Gasteiger partial charge on any atom is 0.262 e. The van der Waals surface area contributed by atoms with Gasteiger partial charge in [0.15, 0.2) is 11.5 Å². The minimum absolute atomic E-state index is 0.0504. The van der Waals surface area contributed by atoms with Crippen molar-refractivity contribution in [1.82, 2.24) is 5.32 Å². The number of benzene rings is 1. The third-order valence-electron chi connectivity index (χ3n) is 3.59. The molecule has 1 aromatic rings. The summed E-state index contributed by atoms with van der Waals surface area (Å²) in [6, 6.07) is 7.21. The van der Waals surface area contributed by atoms with Crippen LogP contribution in [0, 0.1) is 11.3 Å². The van der Waals surface area contributed by atoms with Crippen LogP contribution in [-0.2, 0) is 9.53 Å². The molecule has 0 saturated carbocycles. The van der Waals surface area contributed by atoms with E-state index in [-0.39, 0.29) is 18.5 Å². The Bertz CT molecular complexity index is 642. The Hall–Kier alpha value is -2.52. The molecule has 2 aliphatic rings. The minimum Gasteiger partial charge on any atom is -0.454 e. The summed E-state index contributed by atoms with van der Waals surface area (Å²) < 4.78 is 15.9. The molecule has 1 saturated heterocycles. The lowest BCUT2D eigenvalue weighted by Gasteiger charge is -2.10. The molecule has 2 heterocycles. The summed E-state index contributed by atoms with van der Waals surface area (Å²) in [6.45, 7) is 1.35. The molecule has 22 heavy (non-hydrogen) atoms. The number of nitriles is 1. The van der Waals surface area contributed by atoms with E-state index in [0.717, 1.165) is 19.4 Å². The average Bonchev–Trinajstić information content (AvgIpc) is 3.20. The number of carbonyl (C=O) groups excluding carboxylic acids is 1. The van der Waals surface area contributed by atoms with E-state index < -0.39 is 5.91 Å². The molecule has 0 bridgehead atoms. The van der Waals surface area contributed by atoms with Gasteiger partial charge in [0.1, 0.15) is 11.6 Å². The predicted octanol–water partition coefficient (Wildman–Crippen LogP) is 1.62. The van der Waals surface area contributed by atoms with Crippen molar-refractivity contribution < 1.29 is 19.0 Å². The Morgan fingerprint density at radius 1 is 1.41 bits per heavy atom. The highest BCUT2D eigenvalue weighted by molar-refractivity contribution is 6.01. The third kappa shape index (κ3) is 3.21. The van der Waals surface area contributed by atoms with Crippen molar-refractivity contribution in [3.8, 4) is 17.6 Å². The van der Waals surface area contributed by atoms with Crippen molar-refractivity contribution in [3.63, 3.8) is 0 Å². The molecule has 0 spiro atoms. The van der Waals surface area contributed by atoms with Crippen molar-refractivity contribution in [2.75, 3.05) is 19.9 Å². The van der Waals surface area contributed by atoms with Crippen LogP contribution in [0.1, 0.15) is 18.4 Å².